The van der Waals surface area contributed by atoms with E-state index in [9.17, 15) is 14.4 Å². The average Bonchev–Trinajstić information content (AvgIpc) is 3.49. The highest BCUT2D eigenvalue weighted by molar-refractivity contribution is 5.71. The standard InChI is InChI=1S/C77H122O6/c1-4-7-10-13-16-19-22-25-28-31-33-35-36-37-38-39-40-42-43-46-49-52-55-58-61-64-67-70-76(79)82-73-74(72-81-75(78)69-66-63-60-57-54-51-48-45-30-27-24-21-18-15-12-9-6-3)83-77(80)71-68-65-62-59-56-53-50-47-44-41-34-32-29-26-23-20-17-14-11-8-5-2/h7-8,10-11,16-21,25-30,33-35,37-38,40-42,47,50,56,59,74H,4-6,9,12-15,22-24,31-32,36,39,43-46,48-49,51-55,57-58,60-73H2,1-3H3/b10-7-,11-8-,19-16-,20-17-,21-18-,28-25-,29-26-,30-27-,35-33-,38-37-,41-34-,42-40-,50-47-,59-56-. The van der Waals surface area contributed by atoms with Gasteiger partial charge in [-0.2, -0.15) is 0 Å². The predicted molar refractivity (Wildman–Crippen MR) is 361 cm³/mol. The third-order valence-electron chi connectivity index (χ3n) is 13.7. The molecule has 0 rings (SSSR count). The van der Waals surface area contributed by atoms with Gasteiger partial charge in [0.2, 0.25) is 0 Å². The largest absolute Gasteiger partial charge is 0.462 e. The highest BCUT2D eigenvalue weighted by atomic mass is 16.6. The molecule has 0 N–H and O–H groups in total. The number of carbonyl (C=O) groups is 3. The van der Waals surface area contributed by atoms with Gasteiger partial charge in [-0.05, 0) is 154 Å². The van der Waals surface area contributed by atoms with Gasteiger partial charge in [-0.25, -0.2) is 0 Å². The average molecular weight is 1140 g/mol. The Balaban J connectivity index is 4.50. The Morgan fingerprint density at radius 1 is 0.253 bits per heavy atom. The molecule has 0 radical (unpaired) electrons. The summed E-state index contributed by atoms with van der Waals surface area (Å²) in [6.07, 6.45) is 102. The maximum Gasteiger partial charge on any atom is 0.306 e. The van der Waals surface area contributed by atoms with Gasteiger partial charge in [0.05, 0.1) is 0 Å². The molecule has 0 saturated heterocycles. The number of ether oxygens (including phenoxy) is 3. The van der Waals surface area contributed by atoms with Crippen molar-refractivity contribution in [3.8, 4) is 0 Å². The lowest BCUT2D eigenvalue weighted by molar-refractivity contribution is -0.167. The van der Waals surface area contributed by atoms with Gasteiger partial charge < -0.3 is 14.2 Å². The maximum atomic E-state index is 12.9. The molecule has 0 aromatic rings. The quantitative estimate of drug-likeness (QED) is 0.0261. The molecule has 0 aromatic heterocycles. The van der Waals surface area contributed by atoms with Gasteiger partial charge in [0.25, 0.3) is 0 Å². The summed E-state index contributed by atoms with van der Waals surface area (Å²) in [5.41, 5.74) is 0. The number of hydrogen-bond acceptors (Lipinski definition) is 6. The van der Waals surface area contributed by atoms with Crippen LogP contribution in [0.15, 0.2) is 170 Å². The number of unbranched alkanes of at least 4 members (excludes halogenated alkanes) is 20. The summed E-state index contributed by atoms with van der Waals surface area (Å²) in [5, 5.41) is 0. The topological polar surface area (TPSA) is 78.9 Å². The first-order valence-electron chi connectivity index (χ1n) is 33.6. The van der Waals surface area contributed by atoms with Crippen molar-refractivity contribution in [2.45, 2.75) is 284 Å². The molecule has 0 spiro atoms. The van der Waals surface area contributed by atoms with E-state index in [1.54, 1.807) is 0 Å². The molecule has 0 aliphatic carbocycles. The Hall–Kier alpha value is -5.23. The summed E-state index contributed by atoms with van der Waals surface area (Å²) >= 11 is 0. The first kappa shape index (κ1) is 77.8. The van der Waals surface area contributed by atoms with Crippen molar-refractivity contribution in [3.63, 3.8) is 0 Å². The van der Waals surface area contributed by atoms with Gasteiger partial charge in [-0.3, -0.25) is 14.4 Å². The van der Waals surface area contributed by atoms with Crippen molar-refractivity contribution in [2.24, 2.45) is 0 Å². The minimum atomic E-state index is -0.819. The summed E-state index contributed by atoms with van der Waals surface area (Å²) in [6.45, 7) is 6.34. The third kappa shape index (κ3) is 67.4. The molecule has 0 bridgehead atoms. The van der Waals surface area contributed by atoms with Crippen LogP contribution in [0.25, 0.3) is 0 Å². The molecule has 466 valence electrons. The summed E-state index contributed by atoms with van der Waals surface area (Å²) in [6, 6.07) is 0. The smallest absolute Gasteiger partial charge is 0.306 e. The van der Waals surface area contributed by atoms with Gasteiger partial charge in [0.15, 0.2) is 6.10 Å². The van der Waals surface area contributed by atoms with E-state index in [1.165, 1.54) is 83.5 Å². The molecule has 83 heavy (non-hydrogen) atoms. The fourth-order valence-electron chi connectivity index (χ4n) is 8.71. The van der Waals surface area contributed by atoms with Crippen molar-refractivity contribution in [1.82, 2.24) is 0 Å². The van der Waals surface area contributed by atoms with E-state index in [0.29, 0.717) is 19.3 Å². The van der Waals surface area contributed by atoms with Gasteiger partial charge in [0.1, 0.15) is 13.2 Å². The molecular formula is C77H122O6. The number of hydrogen-bond donors (Lipinski definition) is 0. The summed E-state index contributed by atoms with van der Waals surface area (Å²) in [4.78, 5) is 38.4. The molecule has 1 unspecified atom stereocenters. The van der Waals surface area contributed by atoms with E-state index < -0.39 is 6.10 Å². The summed E-state index contributed by atoms with van der Waals surface area (Å²) in [7, 11) is 0. The van der Waals surface area contributed by atoms with Crippen molar-refractivity contribution >= 4 is 17.9 Å². The van der Waals surface area contributed by atoms with Crippen LogP contribution in [0.4, 0.5) is 0 Å². The van der Waals surface area contributed by atoms with Crippen molar-refractivity contribution in [1.29, 1.82) is 0 Å². The van der Waals surface area contributed by atoms with Crippen molar-refractivity contribution < 1.29 is 28.6 Å². The zero-order valence-electron chi connectivity index (χ0n) is 53.4. The molecule has 0 fully saturated rings. The Kier molecular flexibility index (Phi) is 64.9. The zero-order valence-corrected chi connectivity index (χ0v) is 53.4. The first-order valence-corrected chi connectivity index (χ1v) is 33.6. The molecule has 1 atom stereocenters. The van der Waals surface area contributed by atoms with E-state index in [0.717, 1.165) is 148 Å². The lowest BCUT2D eigenvalue weighted by Crippen LogP contribution is -2.30. The molecule has 6 nitrogen and oxygen atoms in total. The SMILES string of the molecule is CC/C=C\C/C=C\C/C=C\C/C=C\C/C=C\C/C=C\CCCCCCCCCCC(=O)OCC(COC(=O)CCCCCCCCC/C=C\C/C=C\CCCCC)OC(=O)CCCC/C=C\C/C=C\C/C=C\C/C=C\C/C=C\C/C=C\CC. The Morgan fingerprint density at radius 3 is 0.759 bits per heavy atom. The van der Waals surface area contributed by atoms with Crippen LogP contribution in [0.1, 0.15) is 278 Å². The predicted octanol–water partition coefficient (Wildman–Crippen LogP) is 23.4. The van der Waals surface area contributed by atoms with Crippen LogP contribution in [0, 0.1) is 0 Å². The first-order chi connectivity index (χ1) is 41.0. The number of rotatable bonds is 59. The number of esters is 3. The highest BCUT2D eigenvalue weighted by Crippen LogP contribution is 2.14. The van der Waals surface area contributed by atoms with Crippen LogP contribution in [0.3, 0.4) is 0 Å². The van der Waals surface area contributed by atoms with Crippen LogP contribution in [0.5, 0.6) is 0 Å². The molecule has 0 aliphatic rings. The molecule has 0 saturated carbocycles. The molecular weight excluding hydrogens is 1020 g/mol. The molecule has 0 amide bonds. The monoisotopic (exact) mass is 1140 g/mol. The van der Waals surface area contributed by atoms with E-state index >= 15 is 0 Å². The van der Waals surface area contributed by atoms with E-state index in [-0.39, 0.29) is 37.5 Å². The van der Waals surface area contributed by atoms with Crippen LogP contribution in [-0.2, 0) is 28.6 Å². The maximum absolute atomic E-state index is 12.9. The minimum absolute atomic E-state index is 0.110. The van der Waals surface area contributed by atoms with Gasteiger partial charge in [-0.15, -0.1) is 0 Å². The fraction of sp³-hybridized carbons (Fsp3) is 0.597. The number of carbonyl (C=O) groups excluding carboxylic acids is 3. The lowest BCUT2D eigenvalue weighted by Gasteiger charge is -2.18. The van der Waals surface area contributed by atoms with Gasteiger partial charge >= 0.3 is 17.9 Å². The minimum Gasteiger partial charge on any atom is -0.462 e. The van der Waals surface area contributed by atoms with Gasteiger partial charge in [-0.1, -0.05) is 274 Å². The van der Waals surface area contributed by atoms with E-state index in [1.807, 2.05) is 0 Å². The third-order valence-corrected chi connectivity index (χ3v) is 13.7. The van der Waals surface area contributed by atoms with E-state index in [4.69, 9.17) is 14.2 Å². The van der Waals surface area contributed by atoms with E-state index in [2.05, 4.69) is 191 Å². The molecule has 6 heteroatoms. The Labute approximate surface area is 511 Å². The normalized spacial score (nSPS) is 13.2. The second-order valence-corrected chi connectivity index (χ2v) is 21.6. The fourth-order valence-corrected chi connectivity index (χ4v) is 8.71. The Bertz CT molecular complexity index is 1890. The summed E-state index contributed by atoms with van der Waals surface area (Å²) in [5.74, 6) is -0.971. The number of allylic oxidation sites excluding steroid dienone is 28. The van der Waals surface area contributed by atoms with Gasteiger partial charge in [0, 0.05) is 19.3 Å². The Morgan fingerprint density at radius 2 is 0.470 bits per heavy atom. The van der Waals surface area contributed by atoms with Crippen LogP contribution >= 0.6 is 0 Å². The van der Waals surface area contributed by atoms with Crippen molar-refractivity contribution in [3.05, 3.63) is 170 Å². The molecule has 0 heterocycles. The summed E-state index contributed by atoms with van der Waals surface area (Å²) < 4.78 is 16.9. The zero-order chi connectivity index (χ0) is 59.9. The molecule has 0 aliphatic heterocycles. The lowest BCUT2D eigenvalue weighted by atomic mass is 10.1. The highest BCUT2D eigenvalue weighted by Gasteiger charge is 2.19. The van der Waals surface area contributed by atoms with Crippen LogP contribution in [-0.4, -0.2) is 37.2 Å². The molecule has 0 aromatic carbocycles. The second kappa shape index (κ2) is 69.3. The second-order valence-electron chi connectivity index (χ2n) is 21.6. The van der Waals surface area contributed by atoms with Crippen molar-refractivity contribution in [2.75, 3.05) is 13.2 Å². The van der Waals surface area contributed by atoms with Crippen LogP contribution < -0.4 is 0 Å². The van der Waals surface area contributed by atoms with Crippen LogP contribution in [0.2, 0.25) is 0 Å².